The first-order valence-corrected chi connectivity index (χ1v) is 10.7. The maximum Gasteiger partial charge on any atom is 0.337 e. The van der Waals surface area contributed by atoms with Crippen LogP contribution in [0.3, 0.4) is 0 Å². The summed E-state index contributed by atoms with van der Waals surface area (Å²) in [4.78, 5) is 42.5. The van der Waals surface area contributed by atoms with Gasteiger partial charge in [-0.05, 0) is 32.4 Å². The van der Waals surface area contributed by atoms with Gasteiger partial charge >= 0.3 is 11.9 Å². The Morgan fingerprint density at radius 2 is 1.90 bits per heavy atom. The molecule has 0 aliphatic carbocycles. The first kappa shape index (κ1) is 23.5. The molecule has 0 saturated heterocycles. The second-order valence-electron chi connectivity index (χ2n) is 6.36. The topological polar surface area (TPSA) is 97.8 Å². The van der Waals surface area contributed by atoms with E-state index < -0.39 is 17.9 Å². The molecule has 1 aromatic rings. The highest BCUT2D eigenvalue weighted by Gasteiger charge is 2.41. The van der Waals surface area contributed by atoms with Crippen LogP contribution in [0.1, 0.15) is 32.3 Å². The van der Waals surface area contributed by atoms with Crippen LogP contribution in [-0.2, 0) is 23.9 Å². The van der Waals surface area contributed by atoms with E-state index in [1.807, 2.05) is 13.0 Å². The van der Waals surface area contributed by atoms with E-state index in [0.717, 1.165) is 0 Å². The van der Waals surface area contributed by atoms with Gasteiger partial charge in [0, 0.05) is 37.4 Å². The molecule has 0 aromatic carbocycles. The normalized spacial score (nSPS) is 16.4. The van der Waals surface area contributed by atoms with Crippen molar-refractivity contribution in [3.63, 3.8) is 0 Å². The molecule has 1 amide bonds. The zero-order valence-electron chi connectivity index (χ0n) is 17.6. The summed E-state index contributed by atoms with van der Waals surface area (Å²) >= 11 is 1.41. The van der Waals surface area contributed by atoms with Gasteiger partial charge in [-0.25, -0.2) is 9.59 Å². The number of aromatic nitrogens is 1. The van der Waals surface area contributed by atoms with Gasteiger partial charge in [-0.1, -0.05) is 6.07 Å². The number of ether oxygens (including phenoxy) is 2. The van der Waals surface area contributed by atoms with Crippen molar-refractivity contribution in [3.05, 3.63) is 52.0 Å². The molecule has 1 atom stereocenters. The van der Waals surface area contributed by atoms with E-state index in [-0.39, 0.29) is 13.2 Å². The molecule has 2 rings (SSSR count). The number of pyridine rings is 1. The van der Waals surface area contributed by atoms with Crippen molar-refractivity contribution < 1.29 is 23.9 Å². The number of amides is 1. The molecule has 1 unspecified atom stereocenters. The monoisotopic (exact) mass is 433 g/mol. The predicted octanol–water partition coefficient (Wildman–Crippen LogP) is 2.20. The number of rotatable bonds is 10. The Morgan fingerprint density at radius 3 is 2.47 bits per heavy atom. The number of allylic oxidation sites excluding steroid dienone is 1. The highest BCUT2D eigenvalue weighted by atomic mass is 32.2. The van der Waals surface area contributed by atoms with E-state index in [0.29, 0.717) is 46.1 Å². The molecule has 0 fully saturated rings. The molecular weight excluding hydrogens is 406 g/mol. The third-order valence-corrected chi connectivity index (χ3v) is 5.76. The second-order valence-corrected chi connectivity index (χ2v) is 7.44. The zero-order valence-corrected chi connectivity index (χ0v) is 18.5. The highest BCUT2D eigenvalue weighted by Crippen LogP contribution is 2.45. The summed E-state index contributed by atoms with van der Waals surface area (Å²) in [5, 5.41) is 3.28. The Balaban J connectivity index is 2.65. The summed E-state index contributed by atoms with van der Waals surface area (Å²) in [5.74, 6) is -1.11. The first-order chi connectivity index (χ1) is 14.5. The lowest BCUT2D eigenvalue weighted by atomic mass is 9.82. The quantitative estimate of drug-likeness (QED) is 0.341. The van der Waals surface area contributed by atoms with Gasteiger partial charge in [0.2, 0.25) is 6.41 Å². The lowest BCUT2D eigenvalue weighted by Crippen LogP contribution is -2.34. The first-order valence-electron chi connectivity index (χ1n) is 9.70. The van der Waals surface area contributed by atoms with Crippen LogP contribution in [0.2, 0.25) is 0 Å². The summed E-state index contributed by atoms with van der Waals surface area (Å²) in [5.41, 5.74) is 2.12. The third kappa shape index (κ3) is 5.21. The highest BCUT2D eigenvalue weighted by molar-refractivity contribution is 8.03. The Morgan fingerprint density at radius 1 is 1.23 bits per heavy atom. The van der Waals surface area contributed by atoms with Gasteiger partial charge in [-0.15, -0.1) is 11.8 Å². The second kappa shape index (κ2) is 11.4. The fourth-order valence-electron chi connectivity index (χ4n) is 3.20. The number of hydrogen-bond acceptors (Lipinski definition) is 8. The number of carbonyl (C=O) groups is 3. The van der Waals surface area contributed by atoms with Crippen LogP contribution in [0.15, 0.2) is 46.4 Å². The van der Waals surface area contributed by atoms with Gasteiger partial charge < -0.3 is 19.7 Å². The van der Waals surface area contributed by atoms with Gasteiger partial charge in [-0.2, -0.15) is 0 Å². The van der Waals surface area contributed by atoms with Crippen molar-refractivity contribution in [2.45, 2.75) is 26.7 Å². The van der Waals surface area contributed by atoms with Crippen molar-refractivity contribution >= 4 is 30.1 Å². The smallest absolute Gasteiger partial charge is 0.337 e. The standard InChI is InChI=1S/C21H27N3O5S/c1-5-28-20(26)16-14(3)24(4)19(30-11-10-23-13-25)18(21(27)29-6-2)17(16)15-8-7-9-22-12-15/h7-9,12-13,17H,5-6,10-11H2,1-4H3,(H,23,25). The van der Waals surface area contributed by atoms with E-state index in [1.54, 1.807) is 44.3 Å². The van der Waals surface area contributed by atoms with E-state index >= 15 is 0 Å². The molecule has 8 nitrogen and oxygen atoms in total. The number of thioether (sulfide) groups is 1. The number of nitrogens with zero attached hydrogens (tertiary/aromatic N) is 2. The zero-order chi connectivity index (χ0) is 22.1. The van der Waals surface area contributed by atoms with E-state index in [4.69, 9.17) is 9.47 Å². The van der Waals surface area contributed by atoms with Crippen LogP contribution in [-0.4, -0.2) is 60.8 Å². The maximum absolute atomic E-state index is 13.1. The van der Waals surface area contributed by atoms with E-state index in [9.17, 15) is 14.4 Å². The Kier molecular flexibility index (Phi) is 8.91. The van der Waals surface area contributed by atoms with Gasteiger partial charge in [0.1, 0.15) is 0 Å². The molecule has 0 radical (unpaired) electrons. The van der Waals surface area contributed by atoms with Crippen molar-refractivity contribution in [2.75, 3.05) is 32.6 Å². The average molecular weight is 434 g/mol. The number of hydrogen-bond donors (Lipinski definition) is 1. The lowest BCUT2D eigenvalue weighted by Gasteiger charge is -2.36. The molecule has 30 heavy (non-hydrogen) atoms. The van der Waals surface area contributed by atoms with Crippen molar-refractivity contribution in [3.8, 4) is 0 Å². The molecule has 1 N–H and O–H groups in total. The minimum absolute atomic E-state index is 0.202. The van der Waals surface area contributed by atoms with E-state index in [1.165, 1.54) is 11.8 Å². The van der Waals surface area contributed by atoms with Crippen LogP contribution in [0.4, 0.5) is 0 Å². The molecule has 1 aliphatic heterocycles. The van der Waals surface area contributed by atoms with Gasteiger partial charge in [0.25, 0.3) is 0 Å². The summed E-state index contributed by atoms with van der Waals surface area (Å²) in [6, 6.07) is 3.58. The Labute approximate surface area is 180 Å². The molecule has 1 aromatic heterocycles. The molecule has 0 saturated carbocycles. The van der Waals surface area contributed by atoms with Crippen LogP contribution >= 0.6 is 11.8 Å². The van der Waals surface area contributed by atoms with Crippen LogP contribution < -0.4 is 5.32 Å². The summed E-state index contributed by atoms with van der Waals surface area (Å²) in [6.07, 6.45) is 3.90. The number of nitrogens with one attached hydrogen (secondary N) is 1. The molecule has 0 spiro atoms. The minimum atomic E-state index is -0.672. The molecule has 9 heteroatoms. The predicted molar refractivity (Wildman–Crippen MR) is 114 cm³/mol. The SMILES string of the molecule is CCOC(=O)C1=C(C)N(C)C(SCCNC=O)=C(C(=O)OCC)C1c1cccnc1. The summed E-state index contributed by atoms with van der Waals surface area (Å²) in [7, 11) is 1.79. The average Bonchev–Trinajstić information content (AvgIpc) is 2.74. The molecule has 0 bridgehead atoms. The van der Waals surface area contributed by atoms with Crippen LogP contribution in [0.25, 0.3) is 0 Å². The van der Waals surface area contributed by atoms with Gasteiger partial charge in [0.15, 0.2) is 0 Å². The molecular formula is C21H27N3O5S. The number of esters is 2. The molecule has 162 valence electrons. The lowest BCUT2D eigenvalue weighted by molar-refractivity contribution is -0.139. The Hall–Kier alpha value is -2.81. The van der Waals surface area contributed by atoms with Crippen molar-refractivity contribution in [1.29, 1.82) is 0 Å². The molecule has 1 aliphatic rings. The minimum Gasteiger partial charge on any atom is -0.463 e. The third-order valence-electron chi connectivity index (χ3n) is 4.58. The molecule has 2 heterocycles. The van der Waals surface area contributed by atoms with E-state index in [2.05, 4.69) is 10.3 Å². The largest absolute Gasteiger partial charge is 0.463 e. The van der Waals surface area contributed by atoms with Gasteiger partial charge in [0.05, 0.1) is 35.3 Å². The number of carbonyl (C=O) groups excluding carboxylic acids is 3. The van der Waals surface area contributed by atoms with Crippen LogP contribution in [0, 0.1) is 0 Å². The summed E-state index contributed by atoms with van der Waals surface area (Å²) < 4.78 is 10.7. The maximum atomic E-state index is 13.1. The fraction of sp³-hybridized carbons (Fsp3) is 0.429. The van der Waals surface area contributed by atoms with Crippen molar-refractivity contribution in [2.24, 2.45) is 0 Å². The fourth-order valence-corrected chi connectivity index (χ4v) is 4.30. The van der Waals surface area contributed by atoms with Gasteiger partial charge in [-0.3, -0.25) is 9.78 Å². The van der Waals surface area contributed by atoms with Crippen LogP contribution in [0.5, 0.6) is 0 Å². The Bertz CT molecular complexity index is 838. The summed E-state index contributed by atoms with van der Waals surface area (Å²) in [6.45, 7) is 6.15. The van der Waals surface area contributed by atoms with Crippen molar-refractivity contribution in [1.82, 2.24) is 15.2 Å².